The van der Waals surface area contributed by atoms with Crippen LogP contribution >= 0.6 is 46.9 Å². The third-order valence-corrected chi connectivity index (χ3v) is 5.74. The van der Waals surface area contributed by atoms with E-state index in [-0.39, 0.29) is 35.8 Å². The summed E-state index contributed by atoms with van der Waals surface area (Å²) in [6, 6.07) is 11.3. The van der Waals surface area contributed by atoms with Gasteiger partial charge in [-0.2, -0.15) is 0 Å². The number of thiophene rings is 1. The van der Waals surface area contributed by atoms with Gasteiger partial charge in [-0.1, -0.05) is 37.6 Å². The second kappa shape index (κ2) is 13.8. The van der Waals surface area contributed by atoms with Crippen molar-refractivity contribution in [1.82, 2.24) is 10.6 Å². The summed E-state index contributed by atoms with van der Waals surface area (Å²) in [7, 11) is 0. The minimum atomic E-state index is -0.657. The van der Waals surface area contributed by atoms with Crippen molar-refractivity contribution in [3.63, 3.8) is 0 Å². The molecule has 0 radical (unpaired) electrons. The first-order valence-corrected chi connectivity index (χ1v) is 11.0. The fourth-order valence-electron chi connectivity index (χ4n) is 2.51. The summed E-state index contributed by atoms with van der Waals surface area (Å²) in [5.74, 6) is 0.611. The largest absolute Gasteiger partial charge is 0.386 e. The zero-order chi connectivity index (χ0) is 21.2. The van der Waals surface area contributed by atoms with Crippen LogP contribution in [0.4, 0.5) is 5.69 Å². The van der Waals surface area contributed by atoms with Crippen LogP contribution in [0.15, 0.2) is 41.4 Å². The zero-order valence-corrected chi connectivity index (χ0v) is 21.3. The second-order valence-electron chi connectivity index (χ2n) is 6.73. The summed E-state index contributed by atoms with van der Waals surface area (Å²) in [5, 5.41) is 19.6. The van der Waals surface area contributed by atoms with E-state index in [0.717, 1.165) is 22.5 Å². The van der Waals surface area contributed by atoms with E-state index in [1.807, 2.05) is 51.1 Å². The molecule has 1 heterocycles. The molecule has 6 nitrogen and oxygen atoms in total. The number of aliphatic hydroxyl groups is 1. The van der Waals surface area contributed by atoms with E-state index < -0.39 is 6.10 Å². The molecule has 0 aliphatic rings. The van der Waals surface area contributed by atoms with Crippen LogP contribution in [-0.4, -0.2) is 30.1 Å². The van der Waals surface area contributed by atoms with Crippen LogP contribution in [0.1, 0.15) is 43.7 Å². The predicted octanol–water partition coefficient (Wildman–Crippen LogP) is 4.79. The van der Waals surface area contributed by atoms with Crippen LogP contribution in [0.3, 0.4) is 0 Å². The van der Waals surface area contributed by atoms with Crippen molar-refractivity contribution in [3.8, 4) is 0 Å². The Labute approximate surface area is 204 Å². The fourth-order valence-corrected chi connectivity index (χ4v) is 3.56. The van der Waals surface area contributed by atoms with Crippen LogP contribution < -0.4 is 16.0 Å². The lowest BCUT2D eigenvalue weighted by molar-refractivity contribution is -0.119. The van der Waals surface area contributed by atoms with Crippen LogP contribution in [0.5, 0.6) is 0 Å². The van der Waals surface area contributed by atoms with Crippen LogP contribution in [0.25, 0.3) is 0 Å². The first-order valence-electron chi connectivity index (χ1n) is 9.78. The highest BCUT2D eigenvalue weighted by Crippen LogP contribution is 2.26. The summed E-state index contributed by atoms with van der Waals surface area (Å²) in [6.07, 6.45) is 0.146. The minimum absolute atomic E-state index is 0. The SMILES string of the molecule is CCNC(=NCc1cccc(NC(=O)C(C)CC)c1)NCC(O)c1ccc(Cl)s1.I. The number of guanidine groups is 1. The summed E-state index contributed by atoms with van der Waals surface area (Å²) >= 11 is 7.29. The quantitative estimate of drug-likeness (QED) is 0.200. The Morgan fingerprint density at radius 2 is 2.00 bits per heavy atom. The molecular formula is C21H30ClIN4O2S. The van der Waals surface area contributed by atoms with Crippen LogP contribution in [0.2, 0.25) is 4.34 Å². The molecule has 2 aromatic rings. The molecule has 2 atom stereocenters. The zero-order valence-electron chi connectivity index (χ0n) is 17.4. The number of aliphatic imine (C=N–C) groups is 1. The van der Waals surface area contributed by atoms with Gasteiger partial charge in [-0.3, -0.25) is 4.79 Å². The van der Waals surface area contributed by atoms with Gasteiger partial charge < -0.3 is 21.1 Å². The number of carbonyl (C=O) groups excluding carboxylic acids is 1. The number of halogens is 2. The molecule has 0 saturated heterocycles. The number of nitrogens with one attached hydrogen (secondary N) is 3. The van der Waals surface area contributed by atoms with Gasteiger partial charge in [0, 0.05) is 29.6 Å². The van der Waals surface area contributed by atoms with Crippen molar-refractivity contribution in [3.05, 3.63) is 51.2 Å². The van der Waals surface area contributed by atoms with E-state index in [1.54, 1.807) is 6.07 Å². The maximum atomic E-state index is 12.1. The number of amides is 1. The van der Waals surface area contributed by atoms with Gasteiger partial charge in [0.2, 0.25) is 5.91 Å². The van der Waals surface area contributed by atoms with Gasteiger partial charge >= 0.3 is 0 Å². The molecular weight excluding hydrogens is 535 g/mol. The molecule has 4 N–H and O–H groups in total. The van der Waals surface area contributed by atoms with Gasteiger partial charge in [0.25, 0.3) is 0 Å². The number of carbonyl (C=O) groups is 1. The highest BCUT2D eigenvalue weighted by Gasteiger charge is 2.12. The maximum absolute atomic E-state index is 12.1. The molecule has 0 aliphatic heterocycles. The van der Waals surface area contributed by atoms with Gasteiger partial charge in [0.05, 0.1) is 10.9 Å². The van der Waals surface area contributed by atoms with Gasteiger partial charge in [-0.25, -0.2) is 4.99 Å². The van der Waals surface area contributed by atoms with E-state index in [0.29, 0.717) is 29.9 Å². The van der Waals surface area contributed by atoms with E-state index in [9.17, 15) is 9.90 Å². The van der Waals surface area contributed by atoms with Crippen molar-refractivity contribution in [2.24, 2.45) is 10.9 Å². The first kappa shape index (κ1) is 26.7. The Balaban J connectivity index is 0.00000450. The second-order valence-corrected chi connectivity index (χ2v) is 8.48. The van der Waals surface area contributed by atoms with Gasteiger partial charge in [0.1, 0.15) is 6.10 Å². The normalized spacial score (nSPS) is 13.2. The third kappa shape index (κ3) is 8.79. The summed E-state index contributed by atoms with van der Waals surface area (Å²) in [5.41, 5.74) is 1.75. The molecule has 9 heteroatoms. The smallest absolute Gasteiger partial charge is 0.227 e. The molecule has 30 heavy (non-hydrogen) atoms. The highest BCUT2D eigenvalue weighted by atomic mass is 127. The van der Waals surface area contributed by atoms with Crippen molar-refractivity contribution < 1.29 is 9.90 Å². The lowest BCUT2D eigenvalue weighted by atomic mass is 10.1. The highest BCUT2D eigenvalue weighted by molar-refractivity contribution is 14.0. The molecule has 1 aromatic carbocycles. The lowest BCUT2D eigenvalue weighted by Gasteiger charge is -2.14. The van der Waals surface area contributed by atoms with E-state index in [4.69, 9.17) is 11.6 Å². The summed E-state index contributed by atoms with van der Waals surface area (Å²) in [6.45, 7) is 7.37. The van der Waals surface area contributed by atoms with E-state index >= 15 is 0 Å². The predicted molar refractivity (Wildman–Crippen MR) is 137 cm³/mol. The number of aliphatic hydroxyl groups excluding tert-OH is 1. The third-order valence-electron chi connectivity index (χ3n) is 4.40. The Morgan fingerprint density at radius 1 is 1.23 bits per heavy atom. The Kier molecular flexibility index (Phi) is 12.3. The molecule has 0 spiro atoms. The first-order chi connectivity index (χ1) is 13.9. The lowest BCUT2D eigenvalue weighted by Crippen LogP contribution is -2.39. The molecule has 2 unspecified atom stereocenters. The van der Waals surface area contributed by atoms with Crippen LogP contribution in [0, 0.1) is 5.92 Å². The van der Waals surface area contributed by atoms with E-state index in [1.165, 1.54) is 11.3 Å². The van der Waals surface area contributed by atoms with Crippen molar-refractivity contribution >= 4 is 64.5 Å². The number of nitrogens with zero attached hydrogens (tertiary/aromatic N) is 1. The standard InChI is InChI=1S/C21H29ClN4O2S.HI/c1-4-14(3)20(28)26-16-8-6-7-15(11-16)12-24-21(23-5-2)25-13-17(27)18-9-10-19(22)29-18;/h6-11,14,17,27H,4-5,12-13H2,1-3H3,(H,26,28)(H2,23,24,25);1H. The Hall–Kier alpha value is -1.36. The molecule has 0 saturated carbocycles. The molecule has 1 aromatic heterocycles. The number of benzene rings is 1. The molecule has 0 aliphatic carbocycles. The van der Waals surface area contributed by atoms with Gasteiger partial charge in [0.15, 0.2) is 5.96 Å². The van der Waals surface area contributed by atoms with Crippen molar-refractivity contribution in [1.29, 1.82) is 0 Å². The molecule has 0 bridgehead atoms. The average Bonchev–Trinajstić information content (AvgIpc) is 3.15. The number of hydrogen-bond donors (Lipinski definition) is 4. The number of hydrogen-bond acceptors (Lipinski definition) is 4. The summed E-state index contributed by atoms with van der Waals surface area (Å²) in [4.78, 5) is 17.5. The molecule has 2 rings (SSSR count). The maximum Gasteiger partial charge on any atom is 0.227 e. The van der Waals surface area contributed by atoms with Crippen LogP contribution in [-0.2, 0) is 11.3 Å². The monoisotopic (exact) mass is 564 g/mol. The minimum Gasteiger partial charge on any atom is -0.386 e. The Morgan fingerprint density at radius 3 is 2.63 bits per heavy atom. The Bertz CT molecular complexity index is 831. The van der Waals surface area contributed by atoms with Crippen molar-refractivity contribution in [2.45, 2.75) is 39.8 Å². The summed E-state index contributed by atoms with van der Waals surface area (Å²) < 4.78 is 0.653. The fraction of sp³-hybridized carbons (Fsp3) is 0.429. The van der Waals surface area contributed by atoms with Gasteiger partial charge in [-0.15, -0.1) is 35.3 Å². The van der Waals surface area contributed by atoms with E-state index in [2.05, 4.69) is 20.9 Å². The molecule has 166 valence electrons. The van der Waals surface area contributed by atoms with Crippen molar-refractivity contribution in [2.75, 3.05) is 18.4 Å². The molecule has 0 fully saturated rings. The number of anilines is 1. The van der Waals surface area contributed by atoms with Gasteiger partial charge in [-0.05, 0) is 43.2 Å². The molecule has 1 amide bonds. The number of rotatable bonds is 9. The average molecular weight is 565 g/mol. The topological polar surface area (TPSA) is 85.8 Å².